The van der Waals surface area contributed by atoms with Gasteiger partial charge in [0.25, 0.3) is 0 Å². The normalized spacial score (nSPS) is 13.7. The highest BCUT2D eigenvalue weighted by molar-refractivity contribution is 5.69. The lowest BCUT2D eigenvalue weighted by molar-refractivity contribution is -0.154. The SMILES string of the molecule is CCCCCC[C@@H](O)C/C=C\CCCCCCCC(=O)OC[C@@H](CO)OCOC. The monoisotopic (exact) mass is 416 g/mol. The summed E-state index contributed by atoms with van der Waals surface area (Å²) in [7, 11) is 1.50. The van der Waals surface area contributed by atoms with Crippen LogP contribution in [0.25, 0.3) is 0 Å². The summed E-state index contributed by atoms with van der Waals surface area (Å²) in [6.45, 7) is 2.11. The van der Waals surface area contributed by atoms with Gasteiger partial charge in [0, 0.05) is 13.5 Å². The largest absolute Gasteiger partial charge is 0.463 e. The molecule has 0 aliphatic rings. The summed E-state index contributed by atoms with van der Waals surface area (Å²) < 4.78 is 15.0. The number of methoxy groups -OCH3 is 1. The summed E-state index contributed by atoms with van der Waals surface area (Å²) >= 11 is 0. The number of unbranched alkanes of at least 4 members (excludes halogenated alkanes) is 8. The molecule has 2 N–H and O–H groups in total. The average Bonchev–Trinajstić information content (AvgIpc) is 2.72. The van der Waals surface area contributed by atoms with E-state index in [-0.39, 0.29) is 32.1 Å². The molecule has 0 heterocycles. The molecule has 2 atom stereocenters. The second kappa shape index (κ2) is 21.8. The first kappa shape index (κ1) is 28.1. The van der Waals surface area contributed by atoms with E-state index < -0.39 is 6.10 Å². The van der Waals surface area contributed by atoms with Crippen LogP contribution in [-0.4, -0.2) is 55.5 Å². The Morgan fingerprint density at radius 1 is 1.00 bits per heavy atom. The van der Waals surface area contributed by atoms with Crippen molar-refractivity contribution in [2.24, 2.45) is 0 Å². The molecular weight excluding hydrogens is 372 g/mol. The number of esters is 1. The molecular formula is C23H44O6. The van der Waals surface area contributed by atoms with Crippen LogP contribution in [0.15, 0.2) is 12.2 Å². The lowest BCUT2D eigenvalue weighted by atomic mass is 10.1. The maximum absolute atomic E-state index is 11.7. The van der Waals surface area contributed by atoms with Crippen LogP contribution in [0, 0.1) is 0 Å². The molecule has 0 amide bonds. The van der Waals surface area contributed by atoms with Crippen molar-refractivity contribution in [1.82, 2.24) is 0 Å². The first-order valence-electron chi connectivity index (χ1n) is 11.3. The Labute approximate surface area is 177 Å². The zero-order valence-electron chi connectivity index (χ0n) is 18.7. The summed E-state index contributed by atoms with van der Waals surface area (Å²) in [4.78, 5) is 11.7. The van der Waals surface area contributed by atoms with Crippen molar-refractivity contribution >= 4 is 5.97 Å². The molecule has 0 saturated heterocycles. The molecule has 0 aliphatic heterocycles. The second-order valence-electron chi connectivity index (χ2n) is 7.58. The first-order valence-corrected chi connectivity index (χ1v) is 11.3. The molecule has 0 spiro atoms. The molecule has 172 valence electrons. The van der Waals surface area contributed by atoms with Crippen LogP contribution in [0.1, 0.15) is 90.4 Å². The van der Waals surface area contributed by atoms with Crippen molar-refractivity contribution in [2.45, 2.75) is 103 Å². The Bertz CT molecular complexity index is 386. The van der Waals surface area contributed by atoms with Gasteiger partial charge in [-0.1, -0.05) is 64.0 Å². The predicted molar refractivity (Wildman–Crippen MR) is 116 cm³/mol. The first-order chi connectivity index (χ1) is 14.1. The van der Waals surface area contributed by atoms with E-state index in [1.165, 1.54) is 26.4 Å². The van der Waals surface area contributed by atoms with Gasteiger partial charge in [-0.05, 0) is 32.1 Å². The lowest BCUT2D eigenvalue weighted by Gasteiger charge is -2.14. The Kier molecular flexibility index (Phi) is 21.0. The highest BCUT2D eigenvalue weighted by Gasteiger charge is 2.11. The molecule has 0 rings (SSSR count). The highest BCUT2D eigenvalue weighted by Crippen LogP contribution is 2.11. The molecule has 0 radical (unpaired) electrons. The van der Waals surface area contributed by atoms with Crippen LogP contribution in [0.4, 0.5) is 0 Å². The minimum atomic E-state index is -0.533. The third kappa shape index (κ3) is 20.1. The molecule has 6 heteroatoms. The Hall–Kier alpha value is -0.950. The van der Waals surface area contributed by atoms with E-state index >= 15 is 0 Å². The number of hydrogen-bond donors (Lipinski definition) is 2. The number of carbonyl (C=O) groups is 1. The maximum atomic E-state index is 11.7. The second-order valence-corrected chi connectivity index (χ2v) is 7.58. The maximum Gasteiger partial charge on any atom is 0.305 e. The number of allylic oxidation sites excluding steroid dienone is 1. The summed E-state index contributed by atoms with van der Waals surface area (Å²) in [5.74, 6) is -0.249. The number of ether oxygens (including phenoxy) is 3. The lowest BCUT2D eigenvalue weighted by Crippen LogP contribution is -2.26. The average molecular weight is 417 g/mol. The fraction of sp³-hybridized carbons (Fsp3) is 0.870. The molecule has 0 aromatic heterocycles. The number of carbonyl (C=O) groups excluding carboxylic acids is 1. The molecule has 0 aliphatic carbocycles. The number of aliphatic hydroxyl groups excluding tert-OH is 2. The van der Waals surface area contributed by atoms with E-state index in [9.17, 15) is 9.90 Å². The Balaban J connectivity index is 3.46. The molecule has 0 unspecified atom stereocenters. The van der Waals surface area contributed by atoms with Crippen molar-refractivity contribution in [3.8, 4) is 0 Å². The van der Waals surface area contributed by atoms with Crippen molar-refractivity contribution in [1.29, 1.82) is 0 Å². The van der Waals surface area contributed by atoms with Crippen LogP contribution in [0.2, 0.25) is 0 Å². The van der Waals surface area contributed by atoms with Crippen molar-refractivity contribution < 1.29 is 29.2 Å². The van der Waals surface area contributed by atoms with Crippen LogP contribution >= 0.6 is 0 Å². The summed E-state index contributed by atoms with van der Waals surface area (Å²) in [6.07, 6.45) is 16.8. The molecule has 29 heavy (non-hydrogen) atoms. The zero-order valence-corrected chi connectivity index (χ0v) is 18.7. The quantitative estimate of drug-likeness (QED) is 0.124. The van der Waals surface area contributed by atoms with Crippen LogP contribution in [0.3, 0.4) is 0 Å². The molecule has 0 aromatic carbocycles. The van der Waals surface area contributed by atoms with Gasteiger partial charge >= 0.3 is 5.97 Å². The number of aliphatic hydroxyl groups is 2. The van der Waals surface area contributed by atoms with Crippen molar-refractivity contribution in [3.63, 3.8) is 0 Å². The molecule has 0 fully saturated rings. The van der Waals surface area contributed by atoms with Crippen molar-refractivity contribution in [2.75, 3.05) is 27.1 Å². The standard InChI is InChI=1S/C23H44O6/c1-3-4-5-12-15-21(25)16-13-10-8-6-7-9-11-14-17-23(26)28-19-22(18-24)29-20-27-2/h10,13,21-22,24-25H,3-9,11-12,14-20H2,1-2H3/b13-10-/t21-,22-/m1/s1. The van der Waals surface area contributed by atoms with Gasteiger partial charge < -0.3 is 24.4 Å². The molecule has 0 bridgehead atoms. The van der Waals surface area contributed by atoms with Gasteiger partial charge in [-0.25, -0.2) is 0 Å². The number of hydrogen-bond acceptors (Lipinski definition) is 6. The minimum Gasteiger partial charge on any atom is -0.463 e. The van der Waals surface area contributed by atoms with Gasteiger partial charge in [0.2, 0.25) is 0 Å². The van der Waals surface area contributed by atoms with Gasteiger partial charge in [-0.15, -0.1) is 0 Å². The summed E-state index contributed by atoms with van der Waals surface area (Å²) in [5.41, 5.74) is 0. The molecule has 6 nitrogen and oxygen atoms in total. The Morgan fingerprint density at radius 2 is 1.72 bits per heavy atom. The topological polar surface area (TPSA) is 85.2 Å². The van der Waals surface area contributed by atoms with E-state index in [2.05, 4.69) is 19.1 Å². The minimum absolute atomic E-state index is 0.0540. The van der Waals surface area contributed by atoms with Crippen molar-refractivity contribution in [3.05, 3.63) is 12.2 Å². The van der Waals surface area contributed by atoms with Gasteiger partial charge in [0.15, 0.2) is 0 Å². The van der Waals surface area contributed by atoms with Crippen LogP contribution in [0.5, 0.6) is 0 Å². The number of rotatable bonds is 21. The Morgan fingerprint density at radius 3 is 2.45 bits per heavy atom. The van der Waals surface area contributed by atoms with Gasteiger partial charge in [-0.2, -0.15) is 0 Å². The third-order valence-corrected chi connectivity index (χ3v) is 4.77. The van der Waals surface area contributed by atoms with Gasteiger partial charge in [-0.3, -0.25) is 4.79 Å². The van der Waals surface area contributed by atoms with E-state index in [0.29, 0.717) is 6.42 Å². The van der Waals surface area contributed by atoms with E-state index in [1.54, 1.807) is 0 Å². The van der Waals surface area contributed by atoms with Crippen LogP contribution in [-0.2, 0) is 19.0 Å². The van der Waals surface area contributed by atoms with E-state index in [1.807, 2.05) is 0 Å². The smallest absolute Gasteiger partial charge is 0.305 e. The molecule has 0 saturated carbocycles. The van der Waals surface area contributed by atoms with E-state index in [0.717, 1.165) is 57.8 Å². The van der Waals surface area contributed by atoms with Crippen LogP contribution < -0.4 is 0 Å². The van der Waals surface area contributed by atoms with E-state index in [4.69, 9.17) is 19.3 Å². The third-order valence-electron chi connectivity index (χ3n) is 4.77. The predicted octanol–water partition coefficient (Wildman–Crippen LogP) is 4.52. The van der Waals surface area contributed by atoms with Gasteiger partial charge in [0.05, 0.1) is 12.7 Å². The highest BCUT2D eigenvalue weighted by atomic mass is 16.7. The zero-order chi connectivity index (χ0) is 21.6. The van der Waals surface area contributed by atoms with Gasteiger partial charge in [0.1, 0.15) is 19.5 Å². The fourth-order valence-electron chi connectivity index (χ4n) is 2.93. The molecule has 0 aromatic rings. The summed E-state index contributed by atoms with van der Waals surface area (Å²) in [5, 5.41) is 19.0. The summed E-state index contributed by atoms with van der Waals surface area (Å²) in [6, 6.07) is 0. The fourth-order valence-corrected chi connectivity index (χ4v) is 2.93.